The molecular weight excluding hydrogens is 216 g/mol. The van der Waals surface area contributed by atoms with Crippen LogP contribution in [-0.4, -0.2) is 51.6 Å². The predicted octanol–water partition coefficient (Wildman–Crippen LogP) is 1.41. The summed E-state index contributed by atoms with van der Waals surface area (Å²) in [5.74, 6) is 0. The van der Waals surface area contributed by atoms with E-state index < -0.39 is 0 Å². The fourth-order valence-electron chi connectivity index (χ4n) is 1.27. The Kier molecular flexibility index (Phi) is 10.9. The largest absolute Gasteiger partial charge is 0.378 e. The van der Waals surface area contributed by atoms with Crippen LogP contribution in [0.2, 0.25) is 0 Å². The highest BCUT2D eigenvalue weighted by molar-refractivity contribution is 4.69. The molecule has 0 aromatic carbocycles. The van der Waals surface area contributed by atoms with Gasteiger partial charge < -0.3 is 20.1 Å². The molecule has 0 unspecified atom stereocenters. The Labute approximate surface area is 106 Å². The molecule has 2 N–H and O–H groups in total. The maximum atomic E-state index is 5.45. The fraction of sp³-hybridized carbons (Fsp3) is 1.00. The van der Waals surface area contributed by atoms with Crippen LogP contribution in [0, 0.1) is 0 Å². The van der Waals surface area contributed by atoms with Crippen molar-refractivity contribution in [3.05, 3.63) is 0 Å². The molecule has 0 aliphatic heterocycles. The van der Waals surface area contributed by atoms with Crippen LogP contribution in [-0.2, 0) is 9.47 Å². The van der Waals surface area contributed by atoms with E-state index >= 15 is 0 Å². The molecule has 0 radical (unpaired) electrons. The molecule has 0 aliphatic rings. The molecule has 0 saturated heterocycles. The smallest absolute Gasteiger partial charge is 0.0701 e. The van der Waals surface area contributed by atoms with Gasteiger partial charge in [-0.25, -0.2) is 0 Å². The van der Waals surface area contributed by atoms with E-state index in [1.54, 1.807) is 0 Å². The Morgan fingerprint density at radius 3 is 1.94 bits per heavy atom. The summed E-state index contributed by atoms with van der Waals surface area (Å²) in [6.45, 7) is 14.4. The summed E-state index contributed by atoms with van der Waals surface area (Å²) in [6.07, 6.45) is 1.17. The normalized spacial score (nSPS) is 12.0. The molecule has 0 aromatic heterocycles. The molecule has 0 atom stereocenters. The Balaban J connectivity index is 2.99. The van der Waals surface area contributed by atoms with Gasteiger partial charge in [0.1, 0.15) is 0 Å². The number of rotatable bonds is 11. The third-order valence-electron chi connectivity index (χ3n) is 2.12. The zero-order valence-electron chi connectivity index (χ0n) is 12.0. The molecule has 0 aromatic rings. The lowest BCUT2D eigenvalue weighted by atomic mass is 10.1. The van der Waals surface area contributed by atoms with Crippen LogP contribution in [0.4, 0.5) is 0 Å². The van der Waals surface area contributed by atoms with E-state index in [-0.39, 0.29) is 5.54 Å². The second-order valence-electron chi connectivity index (χ2n) is 5.15. The van der Waals surface area contributed by atoms with Crippen molar-refractivity contribution >= 4 is 0 Å². The number of hydrogen-bond donors (Lipinski definition) is 2. The highest BCUT2D eigenvalue weighted by Gasteiger charge is 2.06. The highest BCUT2D eigenvalue weighted by Crippen LogP contribution is 1.96. The first kappa shape index (κ1) is 16.8. The number of nitrogens with one attached hydrogen (secondary N) is 2. The maximum absolute atomic E-state index is 5.45. The second-order valence-corrected chi connectivity index (χ2v) is 5.15. The van der Waals surface area contributed by atoms with Crippen LogP contribution in [0.1, 0.15) is 34.1 Å². The second kappa shape index (κ2) is 11.0. The number of hydrogen-bond acceptors (Lipinski definition) is 4. The monoisotopic (exact) mass is 246 g/mol. The lowest BCUT2D eigenvalue weighted by Crippen LogP contribution is -2.38. The Bertz CT molecular complexity index is 158. The van der Waals surface area contributed by atoms with Crippen molar-refractivity contribution in [2.24, 2.45) is 0 Å². The Morgan fingerprint density at radius 1 is 0.824 bits per heavy atom. The van der Waals surface area contributed by atoms with Crippen molar-refractivity contribution in [1.29, 1.82) is 0 Å². The van der Waals surface area contributed by atoms with E-state index in [2.05, 4.69) is 38.3 Å². The Morgan fingerprint density at radius 2 is 1.41 bits per heavy atom. The molecule has 4 nitrogen and oxygen atoms in total. The minimum atomic E-state index is 0.171. The minimum absolute atomic E-state index is 0.171. The zero-order chi connectivity index (χ0) is 13.0. The van der Waals surface area contributed by atoms with Crippen LogP contribution in [0.3, 0.4) is 0 Å². The molecule has 0 spiro atoms. The average molecular weight is 246 g/mol. The van der Waals surface area contributed by atoms with E-state index in [9.17, 15) is 0 Å². The summed E-state index contributed by atoms with van der Waals surface area (Å²) in [6, 6.07) is 0. The molecule has 0 fully saturated rings. The van der Waals surface area contributed by atoms with Gasteiger partial charge in [-0.3, -0.25) is 0 Å². The SMILES string of the molecule is CCCNCCOCCOCCNC(C)(C)C. The molecule has 104 valence electrons. The summed E-state index contributed by atoms with van der Waals surface area (Å²) in [4.78, 5) is 0. The van der Waals surface area contributed by atoms with Gasteiger partial charge in [0.15, 0.2) is 0 Å². The van der Waals surface area contributed by atoms with E-state index in [0.717, 1.165) is 32.8 Å². The van der Waals surface area contributed by atoms with Crippen molar-refractivity contribution in [3.63, 3.8) is 0 Å². The summed E-state index contributed by atoms with van der Waals surface area (Å²) in [5, 5.41) is 6.66. The molecular formula is C13H30N2O2. The van der Waals surface area contributed by atoms with Crippen LogP contribution in [0.25, 0.3) is 0 Å². The summed E-state index contributed by atoms with van der Waals surface area (Å²) < 4.78 is 10.9. The first-order valence-electron chi connectivity index (χ1n) is 6.67. The van der Waals surface area contributed by atoms with E-state index in [1.165, 1.54) is 6.42 Å². The molecule has 17 heavy (non-hydrogen) atoms. The van der Waals surface area contributed by atoms with Gasteiger partial charge in [0.2, 0.25) is 0 Å². The first-order chi connectivity index (χ1) is 8.06. The van der Waals surface area contributed by atoms with Crippen LogP contribution in [0.15, 0.2) is 0 Å². The molecule has 0 amide bonds. The topological polar surface area (TPSA) is 42.5 Å². The van der Waals surface area contributed by atoms with E-state index in [4.69, 9.17) is 9.47 Å². The van der Waals surface area contributed by atoms with Crippen LogP contribution >= 0.6 is 0 Å². The van der Waals surface area contributed by atoms with Gasteiger partial charge in [-0.15, -0.1) is 0 Å². The van der Waals surface area contributed by atoms with Gasteiger partial charge in [-0.05, 0) is 33.7 Å². The summed E-state index contributed by atoms with van der Waals surface area (Å²) in [7, 11) is 0. The van der Waals surface area contributed by atoms with Crippen LogP contribution < -0.4 is 10.6 Å². The quantitative estimate of drug-likeness (QED) is 0.541. The molecule has 0 rings (SSSR count). The highest BCUT2D eigenvalue weighted by atomic mass is 16.5. The summed E-state index contributed by atoms with van der Waals surface area (Å²) in [5.41, 5.74) is 0.171. The first-order valence-corrected chi connectivity index (χ1v) is 6.67. The van der Waals surface area contributed by atoms with Crippen molar-refractivity contribution in [2.45, 2.75) is 39.7 Å². The standard InChI is InChI=1S/C13H30N2O2/c1-5-6-14-7-9-16-11-12-17-10-8-15-13(2,3)4/h14-15H,5-12H2,1-4H3. The van der Waals surface area contributed by atoms with Crippen molar-refractivity contribution < 1.29 is 9.47 Å². The third-order valence-corrected chi connectivity index (χ3v) is 2.12. The Hall–Kier alpha value is -0.160. The van der Waals surface area contributed by atoms with Gasteiger partial charge in [0.05, 0.1) is 26.4 Å². The average Bonchev–Trinajstić information content (AvgIpc) is 2.24. The summed E-state index contributed by atoms with van der Waals surface area (Å²) >= 11 is 0. The van der Waals surface area contributed by atoms with Crippen molar-refractivity contribution in [1.82, 2.24) is 10.6 Å². The van der Waals surface area contributed by atoms with Gasteiger partial charge in [0.25, 0.3) is 0 Å². The minimum Gasteiger partial charge on any atom is -0.378 e. The molecule has 4 heteroatoms. The van der Waals surface area contributed by atoms with Crippen molar-refractivity contribution in [3.8, 4) is 0 Å². The van der Waals surface area contributed by atoms with Gasteiger partial charge in [-0.2, -0.15) is 0 Å². The van der Waals surface area contributed by atoms with E-state index in [0.29, 0.717) is 13.2 Å². The maximum Gasteiger partial charge on any atom is 0.0701 e. The third kappa shape index (κ3) is 15.8. The zero-order valence-corrected chi connectivity index (χ0v) is 12.0. The molecule has 0 saturated carbocycles. The van der Waals surface area contributed by atoms with Crippen LogP contribution in [0.5, 0.6) is 0 Å². The molecule has 0 bridgehead atoms. The fourth-order valence-corrected chi connectivity index (χ4v) is 1.27. The van der Waals surface area contributed by atoms with Gasteiger partial charge in [0, 0.05) is 18.6 Å². The van der Waals surface area contributed by atoms with E-state index in [1.807, 2.05) is 0 Å². The molecule has 0 heterocycles. The molecule has 0 aliphatic carbocycles. The lowest BCUT2D eigenvalue weighted by molar-refractivity contribution is 0.0486. The predicted molar refractivity (Wildman–Crippen MR) is 72.6 cm³/mol. The number of ether oxygens (including phenoxy) is 2. The van der Waals surface area contributed by atoms with Crippen molar-refractivity contribution in [2.75, 3.05) is 46.1 Å². The van der Waals surface area contributed by atoms with Gasteiger partial charge >= 0.3 is 0 Å². The van der Waals surface area contributed by atoms with Gasteiger partial charge in [-0.1, -0.05) is 6.92 Å². The lowest BCUT2D eigenvalue weighted by Gasteiger charge is -2.20.